The third kappa shape index (κ3) is 6.51. The fourth-order valence-corrected chi connectivity index (χ4v) is 1.28. The molecule has 0 fully saturated rings. The van der Waals surface area contributed by atoms with Gasteiger partial charge in [-0.05, 0) is 17.7 Å². The van der Waals surface area contributed by atoms with Crippen LogP contribution in [0.4, 0.5) is 22.0 Å². The molecule has 1 rings (SSSR count). The van der Waals surface area contributed by atoms with Gasteiger partial charge in [-0.3, -0.25) is 0 Å². The number of halogens is 5. The molecule has 0 saturated carbocycles. The standard InChI is InChI=1S/C11H12F5NO/c12-9-3-8(4-10(13)5-9)6-17-1-2-18-7-11(14,15)16/h3-5,17H,1-2,6-7H2. The third-order valence-electron chi connectivity index (χ3n) is 1.94. The number of benzene rings is 1. The summed E-state index contributed by atoms with van der Waals surface area (Å²) in [4.78, 5) is 0. The maximum absolute atomic E-state index is 12.8. The van der Waals surface area contributed by atoms with Gasteiger partial charge in [-0.15, -0.1) is 0 Å². The van der Waals surface area contributed by atoms with E-state index < -0.39 is 24.4 Å². The first-order chi connectivity index (χ1) is 8.37. The molecule has 0 unspecified atom stereocenters. The maximum atomic E-state index is 12.8. The number of nitrogens with one attached hydrogen (secondary N) is 1. The molecule has 1 aromatic rings. The zero-order chi connectivity index (χ0) is 13.6. The Hall–Kier alpha value is -1.21. The van der Waals surface area contributed by atoms with Crippen LogP contribution in [0.1, 0.15) is 5.56 Å². The minimum Gasteiger partial charge on any atom is -0.371 e. The van der Waals surface area contributed by atoms with E-state index in [1.54, 1.807) is 0 Å². The number of hydrogen-bond donors (Lipinski definition) is 1. The minimum absolute atomic E-state index is 0.128. The van der Waals surface area contributed by atoms with Crippen LogP contribution in [0.3, 0.4) is 0 Å². The van der Waals surface area contributed by atoms with Crippen molar-refractivity contribution in [3.8, 4) is 0 Å². The van der Waals surface area contributed by atoms with Gasteiger partial charge >= 0.3 is 6.18 Å². The summed E-state index contributed by atoms with van der Waals surface area (Å²) in [6.07, 6.45) is -4.34. The molecular formula is C11H12F5NO. The summed E-state index contributed by atoms with van der Waals surface area (Å²) >= 11 is 0. The van der Waals surface area contributed by atoms with Gasteiger partial charge in [0.05, 0.1) is 6.61 Å². The van der Waals surface area contributed by atoms with Crippen molar-refractivity contribution in [2.75, 3.05) is 19.8 Å². The van der Waals surface area contributed by atoms with Gasteiger partial charge in [0.2, 0.25) is 0 Å². The molecule has 1 aromatic carbocycles. The lowest BCUT2D eigenvalue weighted by Crippen LogP contribution is -2.23. The van der Waals surface area contributed by atoms with Gasteiger partial charge in [0.25, 0.3) is 0 Å². The molecule has 0 aliphatic rings. The second-order valence-electron chi connectivity index (χ2n) is 3.62. The highest BCUT2D eigenvalue weighted by atomic mass is 19.4. The van der Waals surface area contributed by atoms with Crippen LogP contribution in [0.5, 0.6) is 0 Å². The van der Waals surface area contributed by atoms with Crippen LogP contribution in [0.25, 0.3) is 0 Å². The van der Waals surface area contributed by atoms with Crippen LogP contribution in [-0.2, 0) is 11.3 Å². The Morgan fingerprint density at radius 3 is 2.22 bits per heavy atom. The molecule has 0 spiro atoms. The summed E-state index contributed by atoms with van der Waals surface area (Å²) < 4.78 is 65.0. The second-order valence-corrected chi connectivity index (χ2v) is 3.62. The van der Waals surface area contributed by atoms with E-state index in [1.807, 2.05) is 0 Å². The quantitative estimate of drug-likeness (QED) is 0.633. The SMILES string of the molecule is Fc1cc(F)cc(CNCCOCC(F)(F)F)c1. The molecule has 0 aliphatic carbocycles. The molecule has 0 aromatic heterocycles. The molecule has 0 radical (unpaired) electrons. The zero-order valence-corrected chi connectivity index (χ0v) is 9.36. The Morgan fingerprint density at radius 2 is 1.67 bits per heavy atom. The van der Waals surface area contributed by atoms with E-state index in [2.05, 4.69) is 10.1 Å². The summed E-state index contributed by atoms with van der Waals surface area (Å²) in [7, 11) is 0. The van der Waals surface area contributed by atoms with Crippen LogP contribution in [-0.4, -0.2) is 25.9 Å². The monoisotopic (exact) mass is 269 g/mol. The summed E-state index contributed by atoms with van der Waals surface area (Å²) in [5.74, 6) is -1.39. The average Bonchev–Trinajstić information content (AvgIpc) is 2.20. The van der Waals surface area contributed by atoms with Gasteiger partial charge in [-0.25, -0.2) is 8.78 Å². The molecule has 7 heteroatoms. The molecule has 0 bridgehead atoms. The van der Waals surface area contributed by atoms with E-state index in [9.17, 15) is 22.0 Å². The highest BCUT2D eigenvalue weighted by molar-refractivity contribution is 5.17. The summed E-state index contributed by atoms with van der Waals surface area (Å²) in [6.45, 7) is -1.11. The van der Waals surface area contributed by atoms with Gasteiger partial charge in [0, 0.05) is 19.2 Å². The van der Waals surface area contributed by atoms with E-state index in [0.717, 1.165) is 18.2 Å². The summed E-state index contributed by atoms with van der Waals surface area (Å²) in [5.41, 5.74) is 0.378. The van der Waals surface area contributed by atoms with E-state index >= 15 is 0 Å². The predicted octanol–water partition coefficient (Wildman–Crippen LogP) is 2.63. The molecule has 0 atom stereocenters. The maximum Gasteiger partial charge on any atom is 0.411 e. The topological polar surface area (TPSA) is 21.3 Å². The van der Waals surface area contributed by atoms with Crippen molar-refractivity contribution in [1.29, 1.82) is 0 Å². The smallest absolute Gasteiger partial charge is 0.371 e. The van der Waals surface area contributed by atoms with Gasteiger partial charge in [-0.1, -0.05) is 0 Å². The zero-order valence-electron chi connectivity index (χ0n) is 9.36. The first kappa shape index (κ1) is 14.8. The van der Waals surface area contributed by atoms with E-state index in [1.165, 1.54) is 0 Å². The molecule has 0 heterocycles. The van der Waals surface area contributed by atoms with Crippen molar-refractivity contribution in [1.82, 2.24) is 5.32 Å². The number of rotatable bonds is 6. The Balaban J connectivity index is 2.18. The lowest BCUT2D eigenvalue weighted by Gasteiger charge is -2.08. The fraction of sp³-hybridized carbons (Fsp3) is 0.455. The molecule has 1 N–H and O–H groups in total. The van der Waals surface area contributed by atoms with Crippen molar-refractivity contribution in [3.05, 3.63) is 35.4 Å². The van der Waals surface area contributed by atoms with E-state index in [0.29, 0.717) is 5.56 Å². The molecule has 102 valence electrons. The van der Waals surface area contributed by atoms with E-state index in [4.69, 9.17) is 0 Å². The Morgan fingerprint density at radius 1 is 1.06 bits per heavy atom. The normalized spacial score (nSPS) is 11.8. The van der Waals surface area contributed by atoms with Crippen LogP contribution < -0.4 is 5.32 Å². The van der Waals surface area contributed by atoms with Crippen molar-refractivity contribution in [2.45, 2.75) is 12.7 Å². The predicted molar refractivity (Wildman–Crippen MR) is 54.9 cm³/mol. The van der Waals surface area contributed by atoms with Gasteiger partial charge in [0.1, 0.15) is 18.2 Å². The largest absolute Gasteiger partial charge is 0.411 e. The second kappa shape index (κ2) is 6.65. The highest BCUT2D eigenvalue weighted by Crippen LogP contribution is 2.14. The Bertz CT molecular complexity index is 360. The summed E-state index contributed by atoms with van der Waals surface area (Å²) in [6, 6.07) is 3.04. The van der Waals surface area contributed by atoms with Crippen LogP contribution in [0, 0.1) is 11.6 Å². The third-order valence-corrected chi connectivity index (χ3v) is 1.94. The lowest BCUT2D eigenvalue weighted by atomic mass is 10.2. The minimum atomic E-state index is -4.34. The number of ether oxygens (including phenoxy) is 1. The van der Waals surface area contributed by atoms with Crippen LogP contribution in [0.15, 0.2) is 18.2 Å². The fourth-order valence-electron chi connectivity index (χ4n) is 1.28. The molecule has 2 nitrogen and oxygen atoms in total. The van der Waals surface area contributed by atoms with Crippen molar-refractivity contribution in [2.24, 2.45) is 0 Å². The van der Waals surface area contributed by atoms with Gasteiger partial charge in [-0.2, -0.15) is 13.2 Å². The van der Waals surface area contributed by atoms with Gasteiger partial charge < -0.3 is 10.1 Å². The molecule has 0 aliphatic heterocycles. The first-order valence-corrected chi connectivity index (χ1v) is 5.17. The molecular weight excluding hydrogens is 257 g/mol. The summed E-state index contributed by atoms with van der Waals surface area (Å²) in [5, 5.41) is 2.72. The Labute approximate surface area is 101 Å². The van der Waals surface area contributed by atoms with Gasteiger partial charge in [0.15, 0.2) is 0 Å². The number of alkyl halides is 3. The average molecular weight is 269 g/mol. The Kier molecular flexibility index (Phi) is 5.49. The van der Waals surface area contributed by atoms with Crippen LogP contribution >= 0.6 is 0 Å². The highest BCUT2D eigenvalue weighted by Gasteiger charge is 2.27. The molecule has 0 saturated heterocycles. The molecule has 0 amide bonds. The van der Waals surface area contributed by atoms with Crippen molar-refractivity contribution in [3.63, 3.8) is 0 Å². The number of hydrogen-bond acceptors (Lipinski definition) is 2. The van der Waals surface area contributed by atoms with Crippen molar-refractivity contribution >= 4 is 0 Å². The molecule has 18 heavy (non-hydrogen) atoms. The van der Waals surface area contributed by atoms with Crippen LogP contribution in [0.2, 0.25) is 0 Å². The first-order valence-electron chi connectivity index (χ1n) is 5.17. The van der Waals surface area contributed by atoms with E-state index in [-0.39, 0.29) is 19.7 Å². The lowest BCUT2D eigenvalue weighted by molar-refractivity contribution is -0.173. The van der Waals surface area contributed by atoms with Crippen molar-refractivity contribution < 1.29 is 26.7 Å².